The van der Waals surface area contributed by atoms with Crippen LogP contribution in [0.2, 0.25) is 0 Å². The van der Waals surface area contributed by atoms with Gasteiger partial charge in [-0.2, -0.15) is 0 Å². The van der Waals surface area contributed by atoms with Crippen molar-refractivity contribution in [3.63, 3.8) is 0 Å². The number of nitrogens with zero attached hydrogens (tertiary/aromatic N) is 1. The van der Waals surface area contributed by atoms with Crippen LogP contribution < -0.4 is 4.74 Å². The van der Waals surface area contributed by atoms with E-state index in [9.17, 15) is 4.79 Å². The van der Waals surface area contributed by atoms with Gasteiger partial charge >= 0.3 is 0 Å². The second kappa shape index (κ2) is 8.79. The normalized spacial score (nSPS) is 15.5. The van der Waals surface area contributed by atoms with Gasteiger partial charge in [0.05, 0.1) is 6.61 Å². The summed E-state index contributed by atoms with van der Waals surface area (Å²) in [6.45, 7) is 4.93. The first kappa shape index (κ1) is 16.8. The van der Waals surface area contributed by atoms with E-state index in [1.165, 1.54) is 5.56 Å². The molecule has 1 saturated heterocycles. The fourth-order valence-electron chi connectivity index (χ4n) is 2.71. The second-order valence-electron chi connectivity index (χ2n) is 5.85. The third kappa shape index (κ3) is 5.02. The van der Waals surface area contributed by atoms with E-state index in [0.29, 0.717) is 19.8 Å². The minimum atomic E-state index is 0.140. The lowest BCUT2D eigenvalue weighted by atomic mass is 9.99. The Labute approximate surface area is 133 Å². The van der Waals surface area contributed by atoms with Crippen LogP contribution in [0.15, 0.2) is 24.3 Å². The molecule has 0 aromatic heterocycles. The van der Waals surface area contributed by atoms with Crippen LogP contribution >= 0.6 is 0 Å². The van der Waals surface area contributed by atoms with Crippen molar-refractivity contribution in [3.05, 3.63) is 29.8 Å². The van der Waals surface area contributed by atoms with Gasteiger partial charge in [-0.1, -0.05) is 19.1 Å². The van der Waals surface area contributed by atoms with Crippen molar-refractivity contribution < 1.29 is 14.3 Å². The largest absolute Gasteiger partial charge is 0.494 e. The molecule has 22 heavy (non-hydrogen) atoms. The molecule has 0 unspecified atom stereocenters. The van der Waals surface area contributed by atoms with Crippen molar-refractivity contribution in [2.24, 2.45) is 5.92 Å². The highest BCUT2D eigenvalue weighted by Gasteiger charge is 2.24. The molecular formula is C18H27NO3. The summed E-state index contributed by atoms with van der Waals surface area (Å²) in [5.41, 5.74) is 1.28. The maximum Gasteiger partial charge on any atom is 0.225 e. The highest BCUT2D eigenvalue weighted by atomic mass is 16.5. The topological polar surface area (TPSA) is 38.8 Å². The third-order valence-electron chi connectivity index (χ3n) is 4.16. The minimum Gasteiger partial charge on any atom is -0.494 e. The molecule has 1 amide bonds. The predicted molar refractivity (Wildman–Crippen MR) is 87.1 cm³/mol. The molecule has 4 heteroatoms. The first-order valence-corrected chi connectivity index (χ1v) is 8.25. The number of ether oxygens (including phenoxy) is 2. The molecule has 4 nitrogen and oxygen atoms in total. The van der Waals surface area contributed by atoms with Crippen LogP contribution in [0.25, 0.3) is 0 Å². The highest BCUT2D eigenvalue weighted by Crippen LogP contribution is 2.17. The monoisotopic (exact) mass is 305 g/mol. The van der Waals surface area contributed by atoms with E-state index in [-0.39, 0.29) is 11.8 Å². The number of hydrogen-bond acceptors (Lipinski definition) is 3. The molecular weight excluding hydrogens is 278 g/mol. The summed E-state index contributed by atoms with van der Waals surface area (Å²) in [5, 5.41) is 0. The predicted octanol–water partition coefficient (Wildman–Crippen LogP) is 2.90. The Kier molecular flexibility index (Phi) is 6.72. The average molecular weight is 305 g/mol. The molecule has 2 rings (SSSR count). The molecule has 1 aromatic carbocycles. The zero-order valence-corrected chi connectivity index (χ0v) is 13.7. The van der Waals surface area contributed by atoms with E-state index in [2.05, 4.69) is 19.1 Å². The molecule has 0 radical (unpaired) electrons. The maximum atomic E-state index is 12.3. The molecule has 1 aromatic rings. The van der Waals surface area contributed by atoms with Gasteiger partial charge < -0.3 is 14.4 Å². The van der Waals surface area contributed by atoms with Crippen molar-refractivity contribution in [2.75, 3.05) is 33.4 Å². The van der Waals surface area contributed by atoms with Crippen LogP contribution in [0.1, 0.15) is 31.7 Å². The fraction of sp³-hybridized carbons (Fsp3) is 0.611. The number of carbonyl (C=O) groups is 1. The molecule has 1 aliphatic rings. The Morgan fingerprint density at radius 3 is 2.86 bits per heavy atom. The standard InChI is InChI=1S/C18H27NO3/c1-3-15-6-4-7-17(14-15)22-11-5-10-19(2)18(20)16-8-12-21-13-9-16/h4,6-7,14,16H,3,5,8-13H2,1-2H3. The molecule has 1 aliphatic heterocycles. The molecule has 122 valence electrons. The van der Waals surface area contributed by atoms with Gasteiger partial charge in [-0.25, -0.2) is 0 Å². The zero-order chi connectivity index (χ0) is 15.8. The second-order valence-corrected chi connectivity index (χ2v) is 5.85. The third-order valence-corrected chi connectivity index (χ3v) is 4.16. The van der Waals surface area contributed by atoms with Gasteiger partial charge in [-0.05, 0) is 43.4 Å². The van der Waals surface area contributed by atoms with Crippen LogP contribution in [-0.2, 0) is 16.0 Å². The van der Waals surface area contributed by atoms with Crippen LogP contribution in [0, 0.1) is 5.92 Å². The van der Waals surface area contributed by atoms with Crippen LogP contribution in [0.4, 0.5) is 0 Å². The molecule has 0 saturated carbocycles. The Hall–Kier alpha value is -1.55. The van der Waals surface area contributed by atoms with Crippen molar-refractivity contribution in [1.29, 1.82) is 0 Å². The fourth-order valence-corrected chi connectivity index (χ4v) is 2.71. The van der Waals surface area contributed by atoms with Crippen LogP contribution in [0.3, 0.4) is 0 Å². The smallest absolute Gasteiger partial charge is 0.225 e. The number of benzene rings is 1. The summed E-state index contributed by atoms with van der Waals surface area (Å²) in [5.74, 6) is 1.30. The van der Waals surface area contributed by atoms with Crippen molar-refractivity contribution in [3.8, 4) is 5.75 Å². The lowest BCUT2D eigenvalue weighted by Crippen LogP contribution is -2.36. The molecule has 0 atom stereocenters. The lowest BCUT2D eigenvalue weighted by Gasteiger charge is -2.26. The summed E-state index contributed by atoms with van der Waals surface area (Å²) >= 11 is 0. The minimum absolute atomic E-state index is 0.140. The van der Waals surface area contributed by atoms with E-state index in [1.807, 2.05) is 24.1 Å². The van der Waals surface area contributed by atoms with Crippen LogP contribution in [0.5, 0.6) is 5.75 Å². The SMILES string of the molecule is CCc1cccc(OCCCN(C)C(=O)C2CCOCC2)c1. The summed E-state index contributed by atoms with van der Waals surface area (Å²) in [6, 6.07) is 8.19. The number of hydrogen-bond donors (Lipinski definition) is 0. The van der Waals surface area contributed by atoms with Crippen LogP contribution in [-0.4, -0.2) is 44.2 Å². The Bertz CT molecular complexity index is 469. The van der Waals surface area contributed by atoms with Gasteiger partial charge in [0, 0.05) is 32.7 Å². The zero-order valence-electron chi connectivity index (χ0n) is 13.7. The van der Waals surface area contributed by atoms with Crippen molar-refractivity contribution in [1.82, 2.24) is 4.90 Å². The lowest BCUT2D eigenvalue weighted by molar-refractivity contribution is -0.137. The van der Waals surface area contributed by atoms with Gasteiger partial charge in [0.25, 0.3) is 0 Å². The quantitative estimate of drug-likeness (QED) is 0.727. The van der Waals surface area contributed by atoms with Gasteiger partial charge in [-0.15, -0.1) is 0 Å². The number of rotatable bonds is 7. The number of amides is 1. The van der Waals surface area contributed by atoms with Gasteiger partial charge in [0.2, 0.25) is 5.91 Å². The molecule has 0 bridgehead atoms. The molecule has 1 fully saturated rings. The Balaban J connectivity index is 1.67. The molecule has 0 aliphatic carbocycles. The average Bonchev–Trinajstić information content (AvgIpc) is 2.58. The van der Waals surface area contributed by atoms with E-state index in [0.717, 1.165) is 38.0 Å². The molecule has 0 spiro atoms. The van der Waals surface area contributed by atoms with Crippen molar-refractivity contribution >= 4 is 5.91 Å². The van der Waals surface area contributed by atoms with E-state index < -0.39 is 0 Å². The molecule has 1 heterocycles. The Morgan fingerprint density at radius 2 is 2.14 bits per heavy atom. The van der Waals surface area contributed by atoms with Crippen molar-refractivity contribution in [2.45, 2.75) is 32.6 Å². The first-order chi connectivity index (χ1) is 10.7. The summed E-state index contributed by atoms with van der Waals surface area (Å²) < 4.78 is 11.1. The summed E-state index contributed by atoms with van der Waals surface area (Å²) in [6.07, 6.45) is 3.56. The van der Waals surface area contributed by atoms with Gasteiger partial charge in [-0.3, -0.25) is 4.79 Å². The van der Waals surface area contributed by atoms with E-state index in [1.54, 1.807) is 0 Å². The Morgan fingerprint density at radius 1 is 1.36 bits per heavy atom. The summed E-state index contributed by atoms with van der Waals surface area (Å²) in [7, 11) is 1.88. The number of aryl methyl sites for hydroxylation is 1. The van der Waals surface area contributed by atoms with Gasteiger partial charge in [0.1, 0.15) is 5.75 Å². The first-order valence-electron chi connectivity index (χ1n) is 8.25. The van der Waals surface area contributed by atoms with Gasteiger partial charge in [0.15, 0.2) is 0 Å². The number of carbonyl (C=O) groups excluding carboxylic acids is 1. The summed E-state index contributed by atoms with van der Waals surface area (Å²) in [4.78, 5) is 14.1. The maximum absolute atomic E-state index is 12.3. The van der Waals surface area contributed by atoms with E-state index >= 15 is 0 Å². The highest BCUT2D eigenvalue weighted by molar-refractivity contribution is 5.78. The molecule has 0 N–H and O–H groups in total. The van der Waals surface area contributed by atoms with E-state index in [4.69, 9.17) is 9.47 Å².